The summed E-state index contributed by atoms with van der Waals surface area (Å²) in [6.45, 7) is 2.05. The smallest absolute Gasteiger partial charge is 0.315 e. The van der Waals surface area contributed by atoms with E-state index in [1.54, 1.807) is 0 Å². The third-order valence-corrected chi connectivity index (χ3v) is 3.99. The maximum Gasteiger partial charge on any atom is 0.315 e. The molecule has 0 bridgehead atoms. The Bertz CT molecular complexity index is 326. The second kappa shape index (κ2) is 4.55. The third kappa shape index (κ3) is 2.90. The summed E-state index contributed by atoms with van der Waals surface area (Å²) in [5.74, 6) is -1.04. The standard InChI is InChI=1S/C12H20N2O3/c1-12(5-2-6-12)14-11(17)13-9-4-3-8(7-9)10(15)16/h8-9H,2-7H2,1H3,(H,15,16)(H2,13,14,17). The number of rotatable bonds is 3. The van der Waals surface area contributed by atoms with Crippen LogP contribution in [0.4, 0.5) is 4.79 Å². The summed E-state index contributed by atoms with van der Waals surface area (Å²) in [5, 5.41) is 14.7. The molecule has 2 aliphatic carbocycles. The molecule has 0 aromatic rings. The Hall–Kier alpha value is -1.26. The third-order valence-electron chi connectivity index (χ3n) is 3.99. The van der Waals surface area contributed by atoms with E-state index >= 15 is 0 Å². The second-order valence-electron chi connectivity index (χ2n) is 5.56. The summed E-state index contributed by atoms with van der Waals surface area (Å²) in [7, 11) is 0. The molecule has 2 saturated carbocycles. The number of carboxylic acids is 1. The predicted octanol–water partition coefficient (Wildman–Crippen LogP) is 1.48. The molecule has 2 aliphatic rings. The predicted molar refractivity (Wildman–Crippen MR) is 62.7 cm³/mol. The first-order valence-corrected chi connectivity index (χ1v) is 6.30. The van der Waals surface area contributed by atoms with Gasteiger partial charge in [-0.1, -0.05) is 0 Å². The van der Waals surface area contributed by atoms with Crippen molar-refractivity contribution in [3.63, 3.8) is 0 Å². The quantitative estimate of drug-likeness (QED) is 0.699. The average molecular weight is 240 g/mol. The van der Waals surface area contributed by atoms with Crippen LogP contribution in [0.2, 0.25) is 0 Å². The minimum Gasteiger partial charge on any atom is -0.481 e. The topological polar surface area (TPSA) is 78.4 Å². The van der Waals surface area contributed by atoms with Crippen molar-refractivity contribution in [1.29, 1.82) is 0 Å². The van der Waals surface area contributed by atoms with E-state index in [9.17, 15) is 9.59 Å². The fraction of sp³-hybridized carbons (Fsp3) is 0.833. The van der Waals surface area contributed by atoms with Gasteiger partial charge in [0.15, 0.2) is 0 Å². The highest BCUT2D eigenvalue weighted by atomic mass is 16.4. The molecule has 5 nitrogen and oxygen atoms in total. The van der Waals surface area contributed by atoms with Crippen LogP contribution in [-0.2, 0) is 4.79 Å². The Labute approximate surface area is 101 Å². The summed E-state index contributed by atoms with van der Waals surface area (Å²) in [6, 6.07) is -0.136. The minimum atomic E-state index is -0.749. The zero-order valence-electron chi connectivity index (χ0n) is 10.2. The van der Waals surface area contributed by atoms with Crippen molar-refractivity contribution in [3.05, 3.63) is 0 Å². The van der Waals surface area contributed by atoms with Gasteiger partial charge in [0.2, 0.25) is 0 Å². The second-order valence-corrected chi connectivity index (χ2v) is 5.56. The lowest BCUT2D eigenvalue weighted by atomic mass is 9.79. The van der Waals surface area contributed by atoms with E-state index in [0.29, 0.717) is 12.8 Å². The normalized spacial score (nSPS) is 30.4. The molecule has 3 N–H and O–H groups in total. The van der Waals surface area contributed by atoms with Crippen LogP contribution in [0.1, 0.15) is 45.4 Å². The van der Waals surface area contributed by atoms with Crippen molar-refractivity contribution >= 4 is 12.0 Å². The molecule has 2 atom stereocenters. The van der Waals surface area contributed by atoms with Gasteiger partial charge < -0.3 is 15.7 Å². The molecule has 0 heterocycles. The maximum atomic E-state index is 11.7. The van der Waals surface area contributed by atoms with Crippen molar-refractivity contribution in [2.45, 2.75) is 57.0 Å². The molecule has 17 heavy (non-hydrogen) atoms. The monoisotopic (exact) mass is 240 g/mol. The Balaban J connectivity index is 1.74. The summed E-state index contributed by atoms with van der Waals surface area (Å²) in [5.41, 5.74) is -0.0467. The number of nitrogens with one attached hydrogen (secondary N) is 2. The molecule has 96 valence electrons. The van der Waals surface area contributed by atoms with Crippen LogP contribution in [-0.4, -0.2) is 28.7 Å². The number of amides is 2. The van der Waals surface area contributed by atoms with Gasteiger partial charge in [0.1, 0.15) is 0 Å². The summed E-state index contributed by atoms with van der Waals surface area (Å²) in [4.78, 5) is 22.5. The Morgan fingerprint density at radius 3 is 2.47 bits per heavy atom. The van der Waals surface area contributed by atoms with Crippen molar-refractivity contribution in [3.8, 4) is 0 Å². The number of hydrogen-bond acceptors (Lipinski definition) is 2. The van der Waals surface area contributed by atoms with Gasteiger partial charge in [-0.15, -0.1) is 0 Å². The summed E-state index contributed by atoms with van der Waals surface area (Å²) < 4.78 is 0. The van der Waals surface area contributed by atoms with Crippen molar-refractivity contribution in [2.24, 2.45) is 5.92 Å². The highest BCUT2D eigenvalue weighted by Crippen LogP contribution is 2.31. The molecule has 0 saturated heterocycles. The van der Waals surface area contributed by atoms with Gasteiger partial charge in [-0.25, -0.2) is 4.79 Å². The molecule has 0 aromatic heterocycles. The lowest BCUT2D eigenvalue weighted by Crippen LogP contribution is -2.55. The van der Waals surface area contributed by atoms with Crippen LogP contribution in [0.25, 0.3) is 0 Å². The van der Waals surface area contributed by atoms with E-state index in [2.05, 4.69) is 10.6 Å². The molecule has 0 spiro atoms. The maximum absolute atomic E-state index is 11.7. The van der Waals surface area contributed by atoms with Gasteiger partial charge in [-0.3, -0.25) is 4.79 Å². The Morgan fingerprint density at radius 1 is 1.29 bits per heavy atom. The van der Waals surface area contributed by atoms with Gasteiger partial charge in [-0.05, 0) is 45.4 Å². The van der Waals surface area contributed by atoms with Gasteiger partial charge in [0.25, 0.3) is 0 Å². The SMILES string of the molecule is CC1(NC(=O)NC2CCC(C(=O)O)C2)CCC1. The number of carbonyl (C=O) groups excluding carboxylic acids is 1. The van der Waals surface area contributed by atoms with Crippen LogP contribution >= 0.6 is 0 Å². The summed E-state index contributed by atoms with van der Waals surface area (Å²) in [6.07, 6.45) is 5.21. The number of hydrogen-bond donors (Lipinski definition) is 3. The first-order valence-electron chi connectivity index (χ1n) is 6.30. The lowest BCUT2D eigenvalue weighted by molar-refractivity contribution is -0.141. The molecule has 5 heteroatoms. The summed E-state index contributed by atoms with van der Waals surface area (Å²) >= 11 is 0. The van der Waals surface area contributed by atoms with Crippen molar-refractivity contribution in [1.82, 2.24) is 10.6 Å². The van der Waals surface area contributed by atoms with E-state index in [1.807, 2.05) is 6.92 Å². The van der Waals surface area contributed by atoms with Crippen LogP contribution in [0, 0.1) is 5.92 Å². The molecule has 2 rings (SSSR count). The highest BCUT2D eigenvalue weighted by molar-refractivity contribution is 5.76. The molecular formula is C12H20N2O3. The van der Waals surface area contributed by atoms with Gasteiger partial charge >= 0.3 is 12.0 Å². The number of urea groups is 1. The van der Waals surface area contributed by atoms with Crippen LogP contribution in [0.5, 0.6) is 0 Å². The van der Waals surface area contributed by atoms with E-state index < -0.39 is 5.97 Å². The lowest BCUT2D eigenvalue weighted by Gasteiger charge is -2.39. The zero-order valence-corrected chi connectivity index (χ0v) is 10.2. The minimum absolute atomic E-state index is 0.0137. The first kappa shape index (κ1) is 12.2. The van der Waals surface area contributed by atoms with E-state index in [-0.39, 0.29) is 23.5 Å². The van der Waals surface area contributed by atoms with E-state index in [4.69, 9.17) is 5.11 Å². The largest absolute Gasteiger partial charge is 0.481 e. The van der Waals surface area contributed by atoms with Gasteiger partial charge in [0, 0.05) is 11.6 Å². The van der Waals surface area contributed by atoms with E-state index in [1.165, 1.54) is 6.42 Å². The molecule has 2 fully saturated rings. The number of carboxylic acid groups (broad SMARTS) is 1. The van der Waals surface area contributed by atoms with Gasteiger partial charge in [0.05, 0.1) is 5.92 Å². The Morgan fingerprint density at radius 2 is 2.00 bits per heavy atom. The molecule has 2 unspecified atom stereocenters. The van der Waals surface area contributed by atoms with Crippen LogP contribution in [0.15, 0.2) is 0 Å². The fourth-order valence-electron chi connectivity index (χ4n) is 2.66. The average Bonchev–Trinajstić information content (AvgIpc) is 2.63. The number of aliphatic carboxylic acids is 1. The van der Waals surface area contributed by atoms with Crippen LogP contribution in [0.3, 0.4) is 0 Å². The molecule has 0 aromatic carbocycles. The van der Waals surface area contributed by atoms with Crippen molar-refractivity contribution < 1.29 is 14.7 Å². The molecule has 0 radical (unpaired) electrons. The first-order chi connectivity index (χ1) is 7.98. The van der Waals surface area contributed by atoms with E-state index in [0.717, 1.165) is 19.3 Å². The highest BCUT2D eigenvalue weighted by Gasteiger charge is 2.35. The zero-order chi connectivity index (χ0) is 12.5. The molecule has 2 amide bonds. The van der Waals surface area contributed by atoms with Crippen molar-refractivity contribution in [2.75, 3.05) is 0 Å². The van der Waals surface area contributed by atoms with Gasteiger partial charge in [-0.2, -0.15) is 0 Å². The number of carbonyl (C=O) groups is 2. The Kier molecular flexibility index (Phi) is 3.26. The molecule has 0 aliphatic heterocycles. The molecular weight excluding hydrogens is 220 g/mol. The fourth-order valence-corrected chi connectivity index (χ4v) is 2.66. The van der Waals surface area contributed by atoms with Crippen LogP contribution < -0.4 is 10.6 Å².